The lowest BCUT2D eigenvalue weighted by Crippen LogP contribution is -2.19. The second-order valence-electron chi connectivity index (χ2n) is 5.18. The summed E-state index contributed by atoms with van der Waals surface area (Å²) < 4.78 is 54.2. The van der Waals surface area contributed by atoms with E-state index in [1.807, 2.05) is 24.3 Å². The van der Waals surface area contributed by atoms with Crippen molar-refractivity contribution in [1.29, 1.82) is 0 Å². The molecule has 0 heterocycles. The van der Waals surface area contributed by atoms with Crippen LogP contribution in [0.5, 0.6) is 5.75 Å². The molecule has 0 atom stereocenters. The zero-order valence-corrected chi connectivity index (χ0v) is 13.4. The number of hydrogen-bond acceptors (Lipinski definition) is 3. The summed E-state index contributed by atoms with van der Waals surface area (Å²) in [5.74, 6) is -1.36. The molecule has 0 radical (unpaired) electrons. The van der Waals surface area contributed by atoms with Gasteiger partial charge in [-0.2, -0.15) is 23.4 Å². The van der Waals surface area contributed by atoms with Crippen LogP contribution in [0.4, 0.5) is 17.6 Å². The van der Waals surface area contributed by atoms with Crippen LogP contribution in [0.3, 0.4) is 0 Å². The van der Waals surface area contributed by atoms with Gasteiger partial charge in [0, 0.05) is 0 Å². The Morgan fingerprint density at radius 3 is 2.12 bits per heavy atom. The lowest BCUT2D eigenvalue weighted by molar-refractivity contribution is -0.153. The number of hydrogen-bond donors (Lipinski definition) is 0. The molecule has 0 aliphatic heterocycles. The van der Waals surface area contributed by atoms with Crippen LogP contribution >= 0.6 is 0 Å². The van der Waals surface area contributed by atoms with Crippen LogP contribution in [0.2, 0.25) is 0 Å². The summed E-state index contributed by atoms with van der Waals surface area (Å²) in [7, 11) is 0. The molecule has 0 fully saturated rings. The van der Waals surface area contributed by atoms with Crippen molar-refractivity contribution in [3.05, 3.63) is 65.0 Å². The van der Waals surface area contributed by atoms with Crippen molar-refractivity contribution in [3.63, 3.8) is 0 Å². The zero-order valence-electron chi connectivity index (χ0n) is 13.4. The fourth-order valence-corrected chi connectivity index (χ4v) is 1.91. The maximum absolute atomic E-state index is 13.7. The highest BCUT2D eigenvalue weighted by atomic mass is 19.4. The van der Waals surface area contributed by atoms with Gasteiger partial charge in [0.05, 0.1) is 12.4 Å². The van der Waals surface area contributed by atoms with Gasteiger partial charge in [-0.1, -0.05) is 31.2 Å². The first-order valence-electron chi connectivity index (χ1n) is 7.52. The van der Waals surface area contributed by atoms with E-state index in [-0.39, 0.29) is 0 Å². The molecule has 0 N–H and O–H groups in total. The maximum atomic E-state index is 13.7. The van der Waals surface area contributed by atoms with Crippen LogP contribution in [-0.4, -0.2) is 25.2 Å². The minimum Gasteiger partial charge on any atom is -0.481 e. The van der Waals surface area contributed by atoms with Gasteiger partial charge < -0.3 is 4.74 Å². The van der Waals surface area contributed by atoms with Crippen molar-refractivity contribution in [2.45, 2.75) is 19.5 Å². The molecule has 0 saturated heterocycles. The Bertz CT molecular complexity index is 753. The second-order valence-corrected chi connectivity index (χ2v) is 5.18. The fourth-order valence-electron chi connectivity index (χ4n) is 1.91. The van der Waals surface area contributed by atoms with Gasteiger partial charge in [0.2, 0.25) is 0 Å². The van der Waals surface area contributed by atoms with Gasteiger partial charge in [-0.25, -0.2) is 4.39 Å². The van der Waals surface area contributed by atoms with Gasteiger partial charge in [0.25, 0.3) is 0 Å². The molecule has 3 nitrogen and oxygen atoms in total. The van der Waals surface area contributed by atoms with E-state index in [1.165, 1.54) is 17.8 Å². The molecule has 0 saturated carbocycles. The summed E-state index contributed by atoms with van der Waals surface area (Å²) in [6, 6.07) is 11.3. The molecule has 0 unspecified atom stereocenters. The third kappa shape index (κ3) is 6.37. The molecule has 7 heteroatoms. The molecular formula is C18H16F4N2O. The summed E-state index contributed by atoms with van der Waals surface area (Å²) in [4.78, 5) is 0. The van der Waals surface area contributed by atoms with Crippen LogP contribution in [0.15, 0.2) is 52.7 Å². The molecule has 0 amide bonds. The highest BCUT2D eigenvalue weighted by Gasteiger charge is 2.28. The molecule has 2 aromatic carbocycles. The SMILES string of the molecule is CCc1ccc(C=NN=Cc2ccc(OCC(F)(F)F)c(F)c2)cc1. The highest BCUT2D eigenvalue weighted by molar-refractivity contribution is 5.82. The van der Waals surface area contributed by atoms with Crippen LogP contribution in [0.1, 0.15) is 23.6 Å². The summed E-state index contributed by atoms with van der Waals surface area (Å²) in [5.41, 5.74) is 2.44. The number of alkyl halides is 3. The number of nitrogens with zero attached hydrogens (tertiary/aromatic N) is 2. The number of aryl methyl sites for hydroxylation is 1. The molecule has 0 aromatic heterocycles. The van der Waals surface area contributed by atoms with Crippen LogP contribution in [0, 0.1) is 5.82 Å². The maximum Gasteiger partial charge on any atom is 0.422 e. The highest BCUT2D eigenvalue weighted by Crippen LogP contribution is 2.21. The van der Waals surface area contributed by atoms with Gasteiger partial charge in [0.1, 0.15) is 0 Å². The third-order valence-corrected chi connectivity index (χ3v) is 3.22. The summed E-state index contributed by atoms with van der Waals surface area (Å²) >= 11 is 0. The molecule has 0 bridgehead atoms. The largest absolute Gasteiger partial charge is 0.481 e. The number of rotatable bonds is 6. The predicted octanol–water partition coefficient (Wildman–Crippen LogP) is 4.78. The van der Waals surface area contributed by atoms with E-state index in [0.29, 0.717) is 5.56 Å². The van der Waals surface area contributed by atoms with Crippen molar-refractivity contribution in [2.75, 3.05) is 6.61 Å². The van der Waals surface area contributed by atoms with E-state index in [1.54, 1.807) is 6.21 Å². The van der Waals surface area contributed by atoms with Crippen molar-refractivity contribution in [1.82, 2.24) is 0 Å². The first-order chi connectivity index (χ1) is 11.9. The van der Waals surface area contributed by atoms with Crippen molar-refractivity contribution >= 4 is 12.4 Å². The van der Waals surface area contributed by atoms with E-state index < -0.39 is 24.3 Å². The number of ether oxygens (including phenoxy) is 1. The van der Waals surface area contributed by atoms with Gasteiger partial charge in [-0.15, -0.1) is 0 Å². The molecule has 25 heavy (non-hydrogen) atoms. The molecule has 0 aliphatic rings. The van der Waals surface area contributed by atoms with E-state index >= 15 is 0 Å². The average Bonchev–Trinajstić information content (AvgIpc) is 2.57. The Hall–Kier alpha value is -2.70. The Morgan fingerprint density at radius 2 is 1.56 bits per heavy atom. The molecule has 2 aromatic rings. The minimum absolute atomic E-state index is 0.357. The first kappa shape index (κ1) is 18.6. The summed E-state index contributed by atoms with van der Waals surface area (Å²) in [6.07, 6.45) is -0.721. The molecule has 2 rings (SSSR count). The zero-order chi connectivity index (χ0) is 18.3. The Morgan fingerprint density at radius 1 is 0.960 bits per heavy atom. The molecule has 0 spiro atoms. The fraction of sp³-hybridized carbons (Fsp3) is 0.222. The van der Waals surface area contributed by atoms with E-state index in [4.69, 9.17) is 0 Å². The average molecular weight is 352 g/mol. The minimum atomic E-state index is -4.52. The van der Waals surface area contributed by atoms with Gasteiger partial charge >= 0.3 is 6.18 Å². The third-order valence-electron chi connectivity index (χ3n) is 3.22. The van der Waals surface area contributed by atoms with Gasteiger partial charge in [-0.05, 0) is 41.3 Å². The summed E-state index contributed by atoms with van der Waals surface area (Å²) in [6.45, 7) is 0.518. The lowest BCUT2D eigenvalue weighted by Gasteiger charge is -2.09. The van der Waals surface area contributed by atoms with Crippen LogP contribution in [0.25, 0.3) is 0 Å². The second kappa shape index (κ2) is 8.41. The van der Waals surface area contributed by atoms with Crippen molar-refractivity contribution < 1.29 is 22.3 Å². The Kier molecular flexibility index (Phi) is 6.27. The standard InChI is InChI=1S/C18H16F4N2O/c1-2-13-3-5-14(6-4-13)10-23-24-11-15-7-8-17(16(19)9-15)25-12-18(20,21)22/h3-11H,2,12H2,1H3. The molecule has 132 valence electrons. The number of halogens is 4. The van der Waals surface area contributed by atoms with E-state index in [2.05, 4.69) is 21.9 Å². The van der Waals surface area contributed by atoms with Crippen LogP contribution in [-0.2, 0) is 6.42 Å². The summed E-state index contributed by atoms with van der Waals surface area (Å²) in [5, 5.41) is 7.65. The molecular weight excluding hydrogens is 336 g/mol. The van der Waals surface area contributed by atoms with Crippen molar-refractivity contribution in [2.24, 2.45) is 10.2 Å². The topological polar surface area (TPSA) is 34.0 Å². The van der Waals surface area contributed by atoms with Gasteiger partial charge in [-0.3, -0.25) is 0 Å². The first-order valence-corrected chi connectivity index (χ1v) is 7.52. The van der Waals surface area contributed by atoms with Crippen LogP contribution < -0.4 is 4.74 Å². The van der Waals surface area contributed by atoms with Gasteiger partial charge in [0.15, 0.2) is 18.2 Å². The smallest absolute Gasteiger partial charge is 0.422 e. The number of benzene rings is 2. The Balaban J connectivity index is 1.96. The predicted molar refractivity (Wildman–Crippen MR) is 89.0 cm³/mol. The molecule has 0 aliphatic carbocycles. The quantitative estimate of drug-likeness (QED) is 0.418. The monoisotopic (exact) mass is 352 g/mol. The Labute approximate surface area is 142 Å². The van der Waals surface area contributed by atoms with Crippen molar-refractivity contribution in [3.8, 4) is 5.75 Å². The van der Waals surface area contributed by atoms with E-state index in [0.717, 1.165) is 24.1 Å². The normalized spacial score (nSPS) is 12.2. The van der Waals surface area contributed by atoms with E-state index in [9.17, 15) is 17.6 Å². The lowest BCUT2D eigenvalue weighted by atomic mass is 10.1.